The molecule has 2 heterocycles. The number of rotatable bonds is 5. The zero-order chi connectivity index (χ0) is 17.3. The zero-order valence-corrected chi connectivity index (χ0v) is 14.4. The van der Waals surface area contributed by atoms with Crippen molar-refractivity contribution in [1.82, 2.24) is 10.1 Å². The van der Waals surface area contributed by atoms with Crippen molar-refractivity contribution in [3.05, 3.63) is 41.5 Å². The van der Waals surface area contributed by atoms with E-state index in [1.54, 1.807) is 4.90 Å². The fourth-order valence-corrected chi connectivity index (χ4v) is 4.05. The largest absolute Gasteiger partial charge is 0.338 e. The Morgan fingerprint density at radius 1 is 1.38 bits per heavy atom. The number of fused-ring (bicyclic) bond motifs is 1. The first-order valence-corrected chi connectivity index (χ1v) is 9.63. The Balaban J connectivity index is 1.74. The average Bonchev–Trinajstić information content (AvgIpc) is 3.08. The van der Waals surface area contributed by atoms with Crippen LogP contribution in [0.4, 0.5) is 5.69 Å². The minimum absolute atomic E-state index is 0.0227. The van der Waals surface area contributed by atoms with Gasteiger partial charge in [0, 0.05) is 18.2 Å². The van der Waals surface area contributed by atoms with Crippen molar-refractivity contribution < 1.29 is 17.7 Å². The molecule has 1 aromatic heterocycles. The van der Waals surface area contributed by atoms with Gasteiger partial charge in [-0.05, 0) is 25.0 Å². The smallest absolute Gasteiger partial charge is 0.242 e. The van der Waals surface area contributed by atoms with Gasteiger partial charge in [0.25, 0.3) is 0 Å². The predicted octanol–water partition coefficient (Wildman–Crippen LogP) is 1.52. The van der Waals surface area contributed by atoms with Crippen LogP contribution in [0.15, 0.2) is 28.8 Å². The molecule has 0 aliphatic carbocycles. The maximum absolute atomic E-state index is 12.6. The number of benzene rings is 1. The molecule has 1 aliphatic rings. The molecule has 0 radical (unpaired) electrons. The van der Waals surface area contributed by atoms with Crippen molar-refractivity contribution >= 4 is 21.4 Å². The van der Waals surface area contributed by atoms with E-state index in [-0.39, 0.29) is 11.9 Å². The molecular weight excluding hydrogens is 330 g/mol. The molecule has 0 bridgehead atoms. The fraction of sp³-hybridized carbons (Fsp3) is 0.438. The molecule has 1 aromatic carbocycles. The molecule has 3 rings (SSSR count). The third-order valence-corrected chi connectivity index (χ3v) is 5.36. The van der Waals surface area contributed by atoms with Crippen molar-refractivity contribution in [1.29, 1.82) is 0 Å². The molecule has 7 nitrogen and oxygen atoms in total. The number of para-hydroxylation sites is 1. The van der Waals surface area contributed by atoms with Crippen molar-refractivity contribution in [3.63, 3.8) is 0 Å². The van der Waals surface area contributed by atoms with Crippen LogP contribution < -0.4 is 4.90 Å². The molecule has 128 valence electrons. The molecule has 8 heteroatoms. The molecule has 0 saturated carbocycles. The first kappa shape index (κ1) is 16.6. The van der Waals surface area contributed by atoms with E-state index in [2.05, 4.69) is 10.1 Å². The van der Waals surface area contributed by atoms with Crippen LogP contribution in [0.1, 0.15) is 31.1 Å². The molecule has 1 atom stereocenters. The Labute approximate surface area is 140 Å². The number of carbonyl (C=O) groups is 1. The molecule has 0 unspecified atom stereocenters. The van der Waals surface area contributed by atoms with Crippen molar-refractivity contribution in [2.75, 3.05) is 10.7 Å². The number of sulfone groups is 1. The molecule has 24 heavy (non-hydrogen) atoms. The Morgan fingerprint density at radius 2 is 2.12 bits per heavy atom. The number of carbonyl (C=O) groups excluding carboxylic acids is 1. The highest BCUT2D eigenvalue weighted by Gasteiger charge is 2.33. The Bertz CT molecular complexity index is 860. The van der Waals surface area contributed by atoms with Crippen LogP contribution >= 0.6 is 0 Å². The number of aromatic nitrogens is 2. The summed E-state index contributed by atoms with van der Waals surface area (Å²) in [6.07, 6.45) is 1.29. The second kappa shape index (κ2) is 6.35. The summed E-state index contributed by atoms with van der Waals surface area (Å²) in [5.74, 6) is -0.948. The SMILES string of the molecule is CCc1noc(CS(=O)(=O)CC(=O)N2c3ccccc3C[C@H]2C)n1. The summed E-state index contributed by atoms with van der Waals surface area (Å²) < 4.78 is 29.5. The van der Waals surface area contributed by atoms with Crippen LogP contribution in [-0.4, -0.2) is 36.3 Å². The average molecular weight is 349 g/mol. The standard InChI is InChI=1S/C16H19N3O4S/c1-3-14-17-15(23-18-14)9-24(21,22)10-16(20)19-11(2)8-12-6-4-5-7-13(12)19/h4-7,11H,3,8-10H2,1-2H3/t11-/m1/s1. The lowest BCUT2D eigenvalue weighted by molar-refractivity contribution is -0.116. The second-order valence-corrected chi connectivity index (χ2v) is 8.00. The summed E-state index contributed by atoms with van der Waals surface area (Å²) in [6, 6.07) is 7.50. The van der Waals surface area contributed by atoms with Gasteiger partial charge < -0.3 is 9.42 Å². The van der Waals surface area contributed by atoms with Crippen molar-refractivity contribution in [2.24, 2.45) is 0 Å². The number of hydrogen-bond acceptors (Lipinski definition) is 6. The zero-order valence-electron chi connectivity index (χ0n) is 13.6. The summed E-state index contributed by atoms with van der Waals surface area (Å²) in [5, 5.41) is 3.67. The number of hydrogen-bond donors (Lipinski definition) is 0. The Morgan fingerprint density at radius 3 is 2.83 bits per heavy atom. The highest BCUT2D eigenvalue weighted by Crippen LogP contribution is 2.32. The molecule has 0 fully saturated rings. The maximum atomic E-state index is 12.6. The third kappa shape index (κ3) is 3.33. The van der Waals surface area contributed by atoms with E-state index in [1.165, 1.54) is 0 Å². The van der Waals surface area contributed by atoms with E-state index in [4.69, 9.17) is 4.52 Å². The lowest BCUT2D eigenvalue weighted by Gasteiger charge is -2.22. The van der Waals surface area contributed by atoms with Crippen LogP contribution in [0.25, 0.3) is 0 Å². The summed E-state index contributed by atoms with van der Waals surface area (Å²) in [7, 11) is -3.68. The van der Waals surface area contributed by atoms with Gasteiger partial charge in [-0.15, -0.1) is 0 Å². The quantitative estimate of drug-likeness (QED) is 0.812. The van der Waals surface area contributed by atoms with Gasteiger partial charge in [0.2, 0.25) is 11.8 Å². The first-order valence-electron chi connectivity index (χ1n) is 7.81. The van der Waals surface area contributed by atoms with E-state index < -0.39 is 27.3 Å². The molecule has 1 aliphatic heterocycles. The minimum atomic E-state index is -3.68. The van der Waals surface area contributed by atoms with Crippen LogP contribution in [0.5, 0.6) is 0 Å². The van der Waals surface area contributed by atoms with Gasteiger partial charge >= 0.3 is 0 Å². The normalized spacial score (nSPS) is 17.1. The Hall–Kier alpha value is -2.22. The number of nitrogens with zero attached hydrogens (tertiary/aromatic N) is 3. The maximum Gasteiger partial charge on any atom is 0.242 e. The van der Waals surface area contributed by atoms with Gasteiger partial charge in [-0.2, -0.15) is 4.98 Å². The van der Waals surface area contributed by atoms with Crippen LogP contribution in [-0.2, 0) is 33.2 Å². The highest BCUT2D eigenvalue weighted by atomic mass is 32.2. The van der Waals surface area contributed by atoms with Gasteiger partial charge in [-0.25, -0.2) is 8.42 Å². The summed E-state index contributed by atoms with van der Waals surface area (Å²) >= 11 is 0. The van der Waals surface area contributed by atoms with Crippen molar-refractivity contribution in [2.45, 2.75) is 38.5 Å². The van der Waals surface area contributed by atoms with Crippen LogP contribution in [0.3, 0.4) is 0 Å². The molecule has 0 saturated heterocycles. The summed E-state index contributed by atoms with van der Waals surface area (Å²) in [4.78, 5) is 18.1. The van der Waals surface area contributed by atoms with Gasteiger partial charge in [0.15, 0.2) is 15.7 Å². The van der Waals surface area contributed by atoms with Crippen LogP contribution in [0.2, 0.25) is 0 Å². The van der Waals surface area contributed by atoms with E-state index in [0.29, 0.717) is 12.2 Å². The second-order valence-electron chi connectivity index (χ2n) is 5.94. The van der Waals surface area contributed by atoms with Gasteiger partial charge in [0.05, 0.1) is 0 Å². The lowest BCUT2D eigenvalue weighted by Crippen LogP contribution is -2.39. The van der Waals surface area contributed by atoms with Crippen LogP contribution in [0, 0.1) is 0 Å². The molecule has 0 N–H and O–H groups in total. The van der Waals surface area contributed by atoms with E-state index in [0.717, 1.165) is 17.7 Å². The summed E-state index contributed by atoms with van der Waals surface area (Å²) in [6.45, 7) is 3.76. The lowest BCUT2D eigenvalue weighted by atomic mass is 10.1. The van der Waals surface area contributed by atoms with E-state index in [1.807, 2.05) is 38.1 Å². The summed E-state index contributed by atoms with van der Waals surface area (Å²) in [5.41, 5.74) is 1.84. The topological polar surface area (TPSA) is 93.4 Å². The first-order chi connectivity index (χ1) is 11.4. The minimum Gasteiger partial charge on any atom is -0.338 e. The van der Waals surface area contributed by atoms with Gasteiger partial charge in [0.1, 0.15) is 11.5 Å². The molecule has 2 aromatic rings. The van der Waals surface area contributed by atoms with Gasteiger partial charge in [-0.3, -0.25) is 4.79 Å². The third-order valence-electron chi connectivity index (χ3n) is 3.99. The van der Waals surface area contributed by atoms with Crippen molar-refractivity contribution in [3.8, 4) is 0 Å². The predicted molar refractivity (Wildman–Crippen MR) is 88.3 cm³/mol. The number of amides is 1. The molecule has 0 spiro atoms. The highest BCUT2D eigenvalue weighted by molar-refractivity contribution is 7.91. The van der Waals surface area contributed by atoms with E-state index in [9.17, 15) is 13.2 Å². The monoisotopic (exact) mass is 349 g/mol. The van der Waals surface area contributed by atoms with Gasteiger partial charge in [-0.1, -0.05) is 30.3 Å². The number of anilines is 1. The van der Waals surface area contributed by atoms with E-state index >= 15 is 0 Å². The Kier molecular flexibility index (Phi) is 4.40. The fourth-order valence-electron chi connectivity index (χ4n) is 2.93. The molecular formula is C16H19N3O4S. The molecule has 1 amide bonds. The number of aryl methyl sites for hydroxylation is 1.